The van der Waals surface area contributed by atoms with Crippen molar-refractivity contribution in [1.82, 2.24) is 9.97 Å². The molecule has 1 heterocycles. The number of rotatable bonds is 8. The van der Waals surface area contributed by atoms with Crippen LogP contribution in [0.1, 0.15) is 70.7 Å². The average Bonchev–Trinajstić information content (AvgIpc) is 3.40. The Kier molecular flexibility index (Phi) is 6.51. The van der Waals surface area contributed by atoms with Crippen molar-refractivity contribution in [3.63, 3.8) is 0 Å². The quantitative estimate of drug-likeness (QED) is 0.265. The van der Waals surface area contributed by atoms with Crippen LogP contribution in [0, 0.1) is 11.3 Å². The first kappa shape index (κ1) is 22.2. The third kappa shape index (κ3) is 3.99. The van der Waals surface area contributed by atoms with Gasteiger partial charge in [0.25, 0.3) is 0 Å². The molecule has 4 aromatic rings. The zero-order chi connectivity index (χ0) is 23.3. The van der Waals surface area contributed by atoms with Crippen molar-refractivity contribution in [1.29, 1.82) is 5.26 Å². The lowest BCUT2D eigenvalue weighted by molar-refractivity contribution is 0.101. The first-order valence-electron chi connectivity index (χ1n) is 11.3. The molecule has 0 spiro atoms. The minimum absolute atomic E-state index is 0.0983. The number of ketones is 1. The molecule has 4 rings (SSSR count). The summed E-state index contributed by atoms with van der Waals surface area (Å²) in [7, 11) is 0. The normalized spacial score (nSPS) is 11.2. The second-order valence-electron chi connectivity index (χ2n) is 8.25. The lowest BCUT2D eigenvalue weighted by Gasteiger charge is -2.36. The van der Waals surface area contributed by atoms with Crippen LogP contribution in [0.2, 0.25) is 0 Å². The van der Waals surface area contributed by atoms with E-state index in [4.69, 9.17) is 4.98 Å². The van der Waals surface area contributed by atoms with Gasteiger partial charge in [-0.25, -0.2) is 4.98 Å². The summed E-state index contributed by atoms with van der Waals surface area (Å²) in [5, 5.41) is 9.97. The maximum atomic E-state index is 12.4. The van der Waals surface area contributed by atoms with E-state index in [0.717, 1.165) is 47.3 Å². The molecule has 1 N–H and O–H groups in total. The van der Waals surface area contributed by atoms with E-state index in [-0.39, 0.29) is 5.78 Å². The van der Waals surface area contributed by atoms with Gasteiger partial charge in [-0.3, -0.25) is 4.79 Å². The highest BCUT2D eigenvalue weighted by atomic mass is 16.1. The Morgan fingerprint density at radius 3 is 2.15 bits per heavy atom. The summed E-state index contributed by atoms with van der Waals surface area (Å²) in [6.07, 6.45) is 6.40. The SMILES string of the molecule is CCCCc1cc(C(C)=O)c(C#N)cc1C(c1ccccc1)(c1ccccc1)c1ncc[nH]1. The van der Waals surface area contributed by atoms with Gasteiger partial charge in [0.05, 0.1) is 11.6 Å². The molecule has 0 saturated heterocycles. The van der Waals surface area contributed by atoms with E-state index in [0.29, 0.717) is 11.1 Å². The zero-order valence-corrected chi connectivity index (χ0v) is 19.0. The number of hydrogen-bond acceptors (Lipinski definition) is 3. The maximum absolute atomic E-state index is 12.4. The van der Waals surface area contributed by atoms with Crippen LogP contribution in [0.4, 0.5) is 0 Å². The second kappa shape index (κ2) is 9.67. The number of H-pyrrole nitrogens is 1. The highest BCUT2D eigenvalue weighted by molar-refractivity contribution is 5.97. The molecule has 0 unspecified atom stereocenters. The zero-order valence-electron chi connectivity index (χ0n) is 19.0. The maximum Gasteiger partial charge on any atom is 0.161 e. The van der Waals surface area contributed by atoms with Gasteiger partial charge < -0.3 is 4.98 Å². The minimum Gasteiger partial charge on any atom is -0.347 e. The van der Waals surface area contributed by atoms with E-state index >= 15 is 0 Å². The first-order chi connectivity index (χ1) is 16.1. The topological polar surface area (TPSA) is 69.5 Å². The van der Waals surface area contributed by atoms with E-state index in [1.165, 1.54) is 6.92 Å². The van der Waals surface area contributed by atoms with Gasteiger partial charge in [-0.1, -0.05) is 74.0 Å². The molecule has 164 valence electrons. The molecule has 0 aliphatic rings. The highest BCUT2D eigenvalue weighted by Crippen LogP contribution is 2.45. The predicted octanol–water partition coefficient (Wildman–Crippen LogP) is 6.21. The van der Waals surface area contributed by atoms with Crippen LogP contribution in [0.25, 0.3) is 0 Å². The van der Waals surface area contributed by atoms with Gasteiger partial charge in [-0.2, -0.15) is 5.26 Å². The van der Waals surface area contributed by atoms with Crippen molar-refractivity contribution in [2.75, 3.05) is 0 Å². The highest BCUT2D eigenvalue weighted by Gasteiger charge is 2.42. The third-order valence-corrected chi connectivity index (χ3v) is 6.21. The molecular weight excluding hydrogens is 406 g/mol. The molecule has 33 heavy (non-hydrogen) atoms. The van der Waals surface area contributed by atoms with Gasteiger partial charge in [-0.15, -0.1) is 0 Å². The van der Waals surface area contributed by atoms with E-state index in [1.807, 2.05) is 54.7 Å². The Bertz CT molecular complexity index is 1230. The molecule has 0 aliphatic heterocycles. The van der Waals surface area contributed by atoms with Crippen LogP contribution >= 0.6 is 0 Å². The number of Topliss-reactive ketones (excluding diaryl/α,β-unsaturated/α-hetero) is 1. The van der Waals surface area contributed by atoms with E-state index in [2.05, 4.69) is 42.2 Å². The Labute approximate surface area is 195 Å². The Hall–Kier alpha value is -3.97. The second-order valence-corrected chi connectivity index (χ2v) is 8.25. The number of aryl methyl sites for hydroxylation is 1. The number of carbonyl (C=O) groups is 1. The summed E-state index contributed by atoms with van der Waals surface area (Å²) >= 11 is 0. The molecular formula is C29H27N3O. The monoisotopic (exact) mass is 433 g/mol. The first-order valence-corrected chi connectivity index (χ1v) is 11.3. The number of hydrogen-bond donors (Lipinski definition) is 1. The molecule has 0 bridgehead atoms. The molecule has 3 aromatic carbocycles. The van der Waals surface area contributed by atoms with Crippen molar-refractivity contribution in [2.24, 2.45) is 0 Å². The number of unbranched alkanes of at least 4 members (excludes halogenated alkanes) is 1. The van der Waals surface area contributed by atoms with Crippen LogP contribution in [-0.4, -0.2) is 15.8 Å². The van der Waals surface area contributed by atoms with Crippen LogP contribution in [0.5, 0.6) is 0 Å². The number of nitrogens with zero attached hydrogens (tertiary/aromatic N) is 2. The van der Waals surface area contributed by atoms with Crippen molar-refractivity contribution < 1.29 is 4.79 Å². The molecule has 4 heteroatoms. The fraction of sp³-hybridized carbons (Fsp3) is 0.207. The fourth-order valence-electron chi connectivity index (χ4n) is 4.68. The molecule has 4 nitrogen and oxygen atoms in total. The molecule has 0 fully saturated rings. The van der Waals surface area contributed by atoms with Gasteiger partial charge >= 0.3 is 0 Å². The summed E-state index contributed by atoms with van der Waals surface area (Å²) in [6.45, 7) is 3.68. The van der Waals surface area contributed by atoms with Crippen molar-refractivity contribution >= 4 is 5.78 Å². The molecule has 0 saturated carbocycles. The number of imidazole rings is 1. The molecule has 0 aliphatic carbocycles. The molecule has 0 radical (unpaired) electrons. The van der Waals surface area contributed by atoms with E-state index in [1.54, 1.807) is 6.20 Å². The van der Waals surface area contributed by atoms with Crippen LogP contribution in [0.15, 0.2) is 85.2 Å². The summed E-state index contributed by atoms with van der Waals surface area (Å²) in [5.41, 5.74) is 4.22. The molecule has 0 amide bonds. The smallest absolute Gasteiger partial charge is 0.161 e. The Morgan fingerprint density at radius 2 is 1.67 bits per heavy atom. The number of aromatic nitrogens is 2. The van der Waals surface area contributed by atoms with Gasteiger partial charge in [0, 0.05) is 18.0 Å². The summed E-state index contributed by atoms with van der Waals surface area (Å²) < 4.78 is 0. The number of aromatic amines is 1. The summed E-state index contributed by atoms with van der Waals surface area (Å²) in [6, 6.07) is 26.6. The summed E-state index contributed by atoms with van der Waals surface area (Å²) in [5.74, 6) is 0.677. The van der Waals surface area contributed by atoms with Gasteiger partial charge in [0.15, 0.2) is 5.78 Å². The molecule has 1 aromatic heterocycles. The van der Waals surface area contributed by atoms with Gasteiger partial charge in [-0.05, 0) is 54.2 Å². The summed E-state index contributed by atoms with van der Waals surface area (Å²) in [4.78, 5) is 20.5. The fourth-order valence-corrected chi connectivity index (χ4v) is 4.68. The minimum atomic E-state index is -0.768. The van der Waals surface area contributed by atoms with Crippen LogP contribution < -0.4 is 0 Å². The van der Waals surface area contributed by atoms with E-state index in [9.17, 15) is 10.1 Å². The number of nitrogens with one attached hydrogen (secondary N) is 1. The largest absolute Gasteiger partial charge is 0.347 e. The number of benzene rings is 3. The number of carbonyl (C=O) groups excluding carboxylic acids is 1. The Morgan fingerprint density at radius 1 is 1.03 bits per heavy atom. The van der Waals surface area contributed by atoms with Crippen LogP contribution in [0.3, 0.4) is 0 Å². The van der Waals surface area contributed by atoms with Gasteiger partial charge in [0.1, 0.15) is 11.2 Å². The predicted molar refractivity (Wildman–Crippen MR) is 130 cm³/mol. The third-order valence-electron chi connectivity index (χ3n) is 6.21. The molecule has 0 atom stereocenters. The van der Waals surface area contributed by atoms with E-state index < -0.39 is 5.41 Å². The van der Waals surface area contributed by atoms with Crippen LogP contribution in [-0.2, 0) is 11.8 Å². The number of nitriles is 1. The Balaban J connectivity index is 2.18. The van der Waals surface area contributed by atoms with Crippen molar-refractivity contribution in [3.8, 4) is 6.07 Å². The standard InChI is InChI=1S/C29H27N3O/c1-3-4-11-22-18-26(21(2)33)23(20-30)19-27(22)29(28-31-16-17-32-28,24-12-7-5-8-13-24)25-14-9-6-10-15-25/h5-10,12-19H,3-4,11H2,1-2H3,(H,31,32). The van der Waals surface area contributed by atoms with Gasteiger partial charge in [0.2, 0.25) is 0 Å². The lowest BCUT2D eigenvalue weighted by Crippen LogP contribution is -2.34. The van der Waals surface area contributed by atoms with Crippen molar-refractivity contribution in [3.05, 3.63) is 124 Å². The lowest BCUT2D eigenvalue weighted by atomic mass is 9.66. The average molecular weight is 434 g/mol. The van der Waals surface area contributed by atoms with Crippen molar-refractivity contribution in [2.45, 2.75) is 38.5 Å².